The quantitative estimate of drug-likeness (QED) is 0.519. The molecule has 0 bridgehead atoms. The van der Waals surface area contributed by atoms with Crippen molar-refractivity contribution in [3.8, 4) is 22.9 Å². The van der Waals surface area contributed by atoms with Crippen molar-refractivity contribution in [1.29, 1.82) is 0 Å². The Hall–Kier alpha value is -2.66. The number of nitrogens with zero attached hydrogens (tertiary/aromatic N) is 3. The molecule has 1 saturated heterocycles. The van der Waals surface area contributed by atoms with Crippen LogP contribution in [0.3, 0.4) is 0 Å². The summed E-state index contributed by atoms with van der Waals surface area (Å²) in [5.41, 5.74) is -0.605. The van der Waals surface area contributed by atoms with Crippen molar-refractivity contribution in [3.05, 3.63) is 29.5 Å². The van der Waals surface area contributed by atoms with Crippen LogP contribution in [0.15, 0.2) is 18.3 Å². The van der Waals surface area contributed by atoms with Crippen molar-refractivity contribution in [3.63, 3.8) is 0 Å². The molecule has 0 amide bonds. The van der Waals surface area contributed by atoms with E-state index in [-0.39, 0.29) is 33.8 Å². The van der Waals surface area contributed by atoms with E-state index in [0.717, 1.165) is 38.5 Å². The number of aromatic hydroxyl groups is 2. The highest BCUT2D eigenvalue weighted by Gasteiger charge is 2.32. The van der Waals surface area contributed by atoms with E-state index in [1.807, 2.05) is 0 Å². The Labute approximate surface area is 183 Å². The topological polar surface area (TPSA) is 93.5 Å². The maximum Gasteiger partial charge on any atom is 0.416 e. The normalized spacial score (nSPS) is 17.4. The molecule has 2 heterocycles. The maximum absolute atomic E-state index is 13.0. The molecule has 1 fully saturated rings. The van der Waals surface area contributed by atoms with Gasteiger partial charge in [0.15, 0.2) is 10.9 Å². The second kappa shape index (κ2) is 9.23. The number of aromatic nitrogens is 2. The van der Waals surface area contributed by atoms with Crippen LogP contribution in [0.25, 0.3) is 11.3 Å². The minimum absolute atomic E-state index is 0.0585. The Bertz CT molecular complexity index is 947. The van der Waals surface area contributed by atoms with Crippen LogP contribution in [-0.2, 0) is 6.18 Å². The van der Waals surface area contributed by atoms with Gasteiger partial charge in [-0.15, -0.1) is 0 Å². The molecule has 0 unspecified atom stereocenters. The molecule has 168 valence electrons. The van der Waals surface area contributed by atoms with Crippen molar-refractivity contribution in [2.75, 3.05) is 25.0 Å². The molecule has 1 aliphatic rings. The van der Waals surface area contributed by atoms with E-state index in [1.165, 1.54) is 13.1 Å². The van der Waals surface area contributed by atoms with Crippen LogP contribution in [-0.4, -0.2) is 55.9 Å². The predicted molar refractivity (Wildman–Crippen MR) is 115 cm³/mol. The number of thiocarbonyl (C=S) groups is 1. The average molecular weight is 456 g/mol. The monoisotopic (exact) mass is 455 g/mol. The van der Waals surface area contributed by atoms with E-state index in [9.17, 15) is 23.4 Å². The molecule has 1 aromatic heterocycles. The number of hydrogen-bond donors (Lipinski definition) is 4. The molecular weight excluding hydrogens is 431 g/mol. The molecule has 1 aromatic carbocycles. The summed E-state index contributed by atoms with van der Waals surface area (Å²) in [7, 11) is 0. The van der Waals surface area contributed by atoms with E-state index in [2.05, 4.69) is 32.4 Å². The fraction of sp³-hybridized carbons (Fsp3) is 0.450. The highest BCUT2D eigenvalue weighted by molar-refractivity contribution is 7.80. The van der Waals surface area contributed by atoms with Gasteiger partial charge in [0, 0.05) is 18.2 Å². The van der Waals surface area contributed by atoms with E-state index in [1.54, 1.807) is 0 Å². The van der Waals surface area contributed by atoms with Gasteiger partial charge in [-0.05, 0) is 62.8 Å². The highest BCUT2D eigenvalue weighted by Crippen LogP contribution is 2.39. The maximum atomic E-state index is 13.0. The number of aryl methyl sites for hydroxylation is 1. The second-order valence-corrected chi connectivity index (χ2v) is 7.85. The van der Waals surface area contributed by atoms with Gasteiger partial charge < -0.3 is 25.7 Å². The number of phenols is 1. The molecule has 4 N–H and O–H groups in total. The molecule has 0 radical (unpaired) electrons. The number of hydrogen-bond acceptors (Lipinski definition) is 6. The smallest absolute Gasteiger partial charge is 0.416 e. The van der Waals surface area contributed by atoms with E-state index < -0.39 is 23.4 Å². The number of phenolic OH excluding ortho intramolecular Hbond substituents is 1. The van der Waals surface area contributed by atoms with Gasteiger partial charge in [-0.2, -0.15) is 13.2 Å². The Morgan fingerprint density at radius 2 is 2.06 bits per heavy atom. The SMILES string of the molecule is CCN1CCC[C@H](NC(=S)Nc2nc(-c3c(C)cc(C(F)(F)F)cc3O)cnc2O)C1. The molecule has 3 rings (SSSR count). The molecule has 11 heteroatoms. The van der Waals surface area contributed by atoms with Gasteiger partial charge in [-0.25, -0.2) is 9.97 Å². The summed E-state index contributed by atoms with van der Waals surface area (Å²) in [5.74, 6) is -1.06. The molecule has 1 atom stereocenters. The Morgan fingerprint density at radius 1 is 1.32 bits per heavy atom. The standard InChI is InChI=1S/C20H24F3N5O2S/c1-3-28-6-4-5-13(10-28)25-19(31)27-17-18(30)24-9-14(26-17)16-11(2)7-12(8-15(16)29)20(21,22)23/h7-9,13,29H,3-6,10H2,1-2H3,(H,24,30)(H2,25,26,27,31)/t13-/m0/s1. The highest BCUT2D eigenvalue weighted by atomic mass is 32.1. The number of anilines is 1. The minimum Gasteiger partial charge on any atom is -0.507 e. The zero-order valence-electron chi connectivity index (χ0n) is 17.1. The molecule has 7 nitrogen and oxygen atoms in total. The lowest BCUT2D eigenvalue weighted by atomic mass is 10.0. The van der Waals surface area contributed by atoms with Crippen molar-refractivity contribution < 1.29 is 23.4 Å². The first-order valence-corrected chi connectivity index (χ1v) is 10.3. The third-order valence-corrected chi connectivity index (χ3v) is 5.39. The number of likely N-dealkylation sites (N-methyl/N-ethyl adjacent to an activating group) is 1. The van der Waals surface area contributed by atoms with E-state index in [0.29, 0.717) is 6.07 Å². The van der Waals surface area contributed by atoms with Crippen LogP contribution < -0.4 is 10.6 Å². The summed E-state index contributed by atoms with van der Waals surface area (Å²) in [5, 5.41) is 26.5. The zero-order valence-corrected chi connectivity index (χ0v) is 17.9. The molecule has 31 heavy (non-hydrogen) atoms. The third-order valence-electron chi connectivity index (χ3n) is 5.17. The van der Waals surface area contributed by atoms with Crippen molar-refractivity contribution in [1.82, 2.24) is 20.2 Å². The molecule has 2 aromatic rings. The summed E-state index contributed by atoms with van der Waals surface area (Å²) in [6.07, 6.45) is -1.42. The lowest BCUT2D eigenvalue weighted by Gasteiger charge is -2.32. The van der Waals surface area contributed by atoms with E-state index in [4.69, 9.17) is 12.2 Å². The molecule has 0 spiro atoms. The summed E-state index contributed by atoms with van der Waals surface area (Å²) in [6.45, 7) is 6.36. The van der Waals surface area contributed by atoms with Crippen LogP contribution in [0, 0.1) is 6.92 Å². The fourth-order valence-corrected chi connectivity index (χ4v) is 3.91. The summed E-state index contributed by atoms with van der Waals surface area (Å²) >= 11 is 5.33. The molecule has 0 saturated carbocycles. The number of nitrogens with one attached hydrogen (secondary N) is 2. The van der Waals surface area contributed by atoms with Gasteiger partial charge in [0.1, 0.15) is 5.75 Å². The zero-order chi connectivity index (χ0) is 22.8. The van der Waals surface area contributed by atoms with Crippen LogP contribution in [0.1, 0.15) is 30.9 Å². The average Bonchev–Trinajstić information content (AvgIpc) is 2.69. The number of halogens is 3. The van der Waals surface area contributed by atoms with Crippen LogP contribution in [0.5, 0.6) is 11.6 Å². The second-order valence-electron chi connectivity index (χ2n) is 7.44. The number of piperidine rings is 1. The number of benzene rings is 1. The predicted octanol–water partition coefficient (Wildman–Crippen LogP) is 3.65. The molecular formula is C20H24F3N5O2S. The van der Waals surface area contributed by atoms with E-state index >= 15 is 0 Å². The number of alkyl halides is 3. The van der Waals surface area contributed by atoms with Crippen molar-refractivity contribution in [2.24, 2.45) is 0 Å². The minimum atomic E-state index is -4.58. The van der Waals surface area contributed by atoms with Gasteiger partial charge in [0.2, 0.25) is 0 Å². The molecule has 0 aliphatic carbocycles. The van der Waals surface area contributed by atoms with Gasteiger partial charge in [0.05, 0.1) is 17.5 Å². The fourth-order valence-electron chi connectivity index (χ4n) is 3.64. The van der Waals surface area contributed by atoms with Gasteiger partial charge in [-0.3, -0.25) is 0 Å². The number of rotatable bonds is 4. The van der Waals surface area contributed by atoms with Crippen molar-refractivity contribution >= 4 is 23.1 Å². The largest absolute Gasteiger partial charge is 0.507 e. The van der Waals surface area contributed by atoms with Crippen LogP contribution in [0.4, 0.5) is 19.0 Å². The van der Waals surface area contributed by atoms with Gasteiger partial charge in [-0.1, -0.05) is 6.92 Å². The Balaban J connectivity index is 1.80. The Morgan fingerprint density at radius 3 is 2.71 bits per heavy atom. The lowest BCUT2D eigenvalue weighted by Crippen LogP contribution is -2.48. The third kappa shape index (κ3) is 5.53. The summed E-state index contributed by atoms with van der Waals surface area (Å²) < 4.78 is 38.9. The van der Waals surface area contributed by atoms with Gasteiger partial charge >= 0.3 is 6.18 Å². The first kappa shape index (κ1) is 23.0. The lowest BCUT2D eigenvalue weighted by molar-refractivity contribution is -0.137. The van der Waals surface area contributed by atoms with Crippen LogP contribution >= 0.6 is 12.2 Å². The first-order valence-electron chi connectivity index (χ1n) is 9.85. The van der Waals surface area contributed by atoms with Crippen molar-refractivity contribution in [2.45, 2.75) is 38.9 Å². The van der Waals surface area contributed by atoms with Gasteiger partial charge in [0.25, 0.3) is 5.88 Å². The summed E-state index contributed by atoms with van der Waals surface area (Å²) in [4.78, 5) is 10.4. The Kier molecular flexibility index (Phi) is 6.85. The number of likely N-dealkylation sites (tertiary alicyclic amines) is 1. The first-order chi connectivity index (χ1) is 14.6. The summed E-state index contributed by atoms with van der Waals surface area (Å²) in [6, 6.07) is 1.71. The van der Waals surface area contributed by atoms with Crippen LogP contribution in [0.2, 0.25) is 0 Å². The molecule has 1 aliphatic heterocycles.